The van der Waals surface area contributed by atoms with Crippen LogP contribution in [0.15, 0.2) is 18.2 Å². The largest absolute Gasteiger partial charge is 0.392 e. The highest BCUT2D eigenvalue weighted by Crippen LogP contribution is 2.09. The minimum absolute atomic E-state index is 0.229. The second kappa shape index (κ2) is 6.67. The van der Waals surface area contributed by atoms with Crippen LogP contribution in [0.4, 0.5) is 8.78 Å². The third-order valence-electron chi connectivity index (χ3n) is 2.97. The van der Waals surface area contributed by atoms with Crippen LogP contribution in [0.5, 0.6) is 0 Å². The van der Waals surface area contributed by atoms with Crippen molar-refractivity contribution in [3.05, 3.63) is 35.4 Å². The van der Waals surface area contributed by atoms with E-state index in [1.807, 2.05) is 13.8 Å². The summed E-state index contributed by atoms with van der Waals surface area (Å²) < 4.78 is 25.6. The summed E-state index contributed by atoms with van der Waals surface area (Å²) in [5, 5.41) is 12.7. The van der Waals surface area contributed by atoms with Gasteiger partial charge in [-0.2, -0.15) is 0 Å². The fourth-order valence-electron chi connectivity index (χ4n) is 1.49. The number of rotatable bonds is 6. The van der Waals surface area contributed by atoms with E-state index in [4.69, 9.17) is 0 Å². The predicted octanol–water partition coefficient (Wildman–Crippen LogP) is 2.46. The van der Waals surface area contributed by atoms with Gasteiger partial charge in [0.05, 0.1) is 6.10 Å². The standard InChI is InChI=1S/C13H19F2NO/c1-3-9(2)13(17)8-16-7-10-4-5-11(14)12(15)6-10/h4-6,9,13,16-17H,3,7-8H2,1-2H3. The summed E-state index contributed by atoms with van der Waals surface area (Å²) in [5.41, 5.74) is 0.667. The Morgan fingerprint density at radius 2 is 2.00 bits per heavy atom. The monoisotopic (exact) mass is 243 g/mol. The summed E-state index contributed by atoms with van der Waals surface area (Å²) in [6.07, 6.45) is 0.499. The average molecular weight is 243 g/mol. The van der Waals surface area contributed by atoms with E-state index < -0.39 is 17.7 Å². The third-order valence-corrected chi connectivity index (χ3v) is 2.97. The maximum Gasteiger partial charge on any atom is 0.159 e. The summed E-state index contributed by atoms with van der Waals surface area (Å²) in [5.74, 6) is -1.45. The van der Waals surface area contributed by atoms with Crippen molar-refractivity contribution < 1.29 is 13.9 Å². The van der Waals surface area contributed by atoms with Gasteiger partial charge >= 0.3 is 0 Å². The lowest BCUT2D eigenvalue weighted by molar-refractivity contribution is 0.113. The highest BCUT2D eigenvalue weighted by atomic mass is 19.2. The first-order valence-electron chi connectivity index (χ1n) is 5.87. The number of halogens is 2. The summed E-state index contributed by atoms with van der Waals surface area (Å²) in [7, 11) is 0. The van der Waals surface area contributed by atoms with Crippen LogP contribution in [0, 0.1) is 17.6 Å². The van der Waals surface area contributed by atoms with Crippen molar-refractivity contribution >= 4 is 0 Å². The highest BCUT2D eigenvalue weighted by Gasteiger charge is 2.11. The van der Waals surface area contributed by atoms with Crippen molar-refractivity contribution in [1.82, 2.24) is 5.32 Å². The normalized spacial score (nSPS) is 14.6. The Labute approximate surface area is 101 Å². The van der Waals surface area contributed by atoms with Crippen LogP contribution < -0.4 is 5.32 Å². The maximum atomic E-state index is 12.9. The molecule has 2 nitrogen and oxygen atoms in total. The summed E-state index contributed by atoms with van der Waals surface area (Å²) in [6, 6.07) is 3.80. The molecular formula is C13H19F2NO. The SMILES string of the molecule is CCC(C)C(O)CNCc1ccc(F)c(F)c1. The molecule has 0 saturated heterocycles. The lowest BCUT2D eigenvalue weighted by Crippen LogP contribution is -2.31. The molecule has 2 N–H and O–H groups in total. The quantitative estimate of drug-likeness (QED) is 0.804. The second-order valence-corrected chi connectivity index (χ2v) is 4.33. The van der Waals surface area contributed by atoms with Gasteiger partial charge in [0.15, 0.2) is 11.6 Å². The number of hydrogen-bond acceptors (Lipinski definition) is 2. The van der Waals surface area contributed by atoms with Crippen molar-refractivity contribution in [2.75, 3.05) is 6.54 Å². The lowest BCUT2D eigenvalue weighted by Gasteiger charge is -2.17. The number of aliphatic hydroxyl groups is 1. The molecule has 0 bridgehead atoms. The molecule has 0 heterocycles. The Kier molecular flexibility index (Phi) is 5.51. The number of benzene rings is 1. The summed E-state index contributed by atoms with van der Waals surface area (Å²) in [6.45, 7) is 4.87. The smallest absolute Gasteiger partial charge is 0.159 e. The van der Waals surface area contributed by atoms with E-state index >= 15 is 0 Å². The Bertz CT molecular complexity index is 357. The van der Waals surface area contributed by atoms with E-state index in [0.29, 0.717) is 18.7 Å². The molecule has 0 saturated carbocycles. The number of hydrogen-bond donors (Lipinski definition) is 2. The fraction of sp³-hybridized carbons (Fsp3) is 0.538. The Morgan fingerprint density at radius 1 is 1.29 bits per heavy atom. The molecule has 0 fully saturated rings. The van der Waals surface area contributed by atoms with E-state index in [2.05, 4.69) is 5.32 Å². The zero-order chi connectivity index (χ0) is 12.8. The molecule has 1 aromatic rings. The van der Waals surface area contributed by atoms with Crippen LogP contribution >= 0.6 is 0 Å². The molecule has 1 rings (SSSR count). The molecule has 17 heavy (non-hydrogen) atoms. The van der Waals surface area contributed by atoms with Crippen molar-refractivity contribution in [3.8, 4) is 0 Å². The van der Waals surface area contributed by atoms with Crippen LogP contribution in [0.2, 0.25) is 0 Å². The van der Waals surface area contributed by atoms with E-state index in [-0.39, 0.29) is 5.92 Å². The van der Waals surface area contributed by atoms with Crippen molar-refractivity contribution in [2.45, 2.75) is 32.9 Å². The average Bonchev–Trinajstić information content (AvgIpc) is 2.32. The molecule has 96 valence electrons. The fourth-order valence-corrected chi connectivity index (χ4v) is 1.49. The Hall–Kier alpha value is -1.00. The molecule has 0 radical (unpaired) electrons. The molecule has 2 atom stereocenters. The summed E-state index contributed by atoms with van der Waals surface area (Å²) in [4.78, 5) is 0. The topological polar surface area (TPSA) is 32.3 Å². The van der Waals surface area contributed by atoms with E-state index in [1.54, 1.807) is 0 Å². The summed E-state index contributed by atoms with van der Waals surface area (Å²) >= 11 is 0. The molecular weight excluding hydrogens is 224 g/mol. The van der Waals surface area contributed by atoms with Crippen LogP contribution in [0.25, 0.3) is 0 Å². The minimum atomic E-state index is -0.841. The molecule has 0 spiro atoms. The van der Waals surface area contributed by atoms with Gasteiger partial charge in [-0.3, -0.25) is 0 Å². The minimum Gasteiger partial charge on any atom is -0.392 e. The van der Waals surface area contributed by atoms with Gasteiger partial charge in [0.1, 0.15) is 0 Å². The van der Waals surface area contributed by atoms with Gasteiger partial charge in [-0.25, -0.2) is 8.78 Å². The van der Waals surface area contributed by atoms with Gasteiger partial charge in [-0.05, 0) is 23.6 Å². The van der Waals surface area contributed by atoms with Crippen molar-refractivity contribution in [1.29, 1.82) is 0 Å². The number of nitrogens with one attached hydrogen (secondary N) is 1. The van der Waals surface area contributed by atoms with Crippen LogP contribution in [0.3, 0.4) is 0 Å². The molecule has 0 aliphatic carbocycles. The van der Waals surface area contributed by atoms with E-state index in [9.17, 15) is 13.9 Å². The van der Waals surface area contributed by atoms with E-state index in [0.717, 1.165) is 18.6 Å². The van der Waals surface area contributed by atoms with Gasteiger partial charge in [0.25, 0.3) is 0 Å². The van der Waals surface area contributed by atoms with Crippen LogP contribution in [0.1, 0.15) is 25.8 Å². The van der Waals surface area contributed by atoms with Crippen LogP contribution in [-0.4, -0.2) is 17.8 Å². The Morgan fingerprint density at radius 3 is 2.59 bits per heavy atom. The molecule has 4 heteroatoms. The maximum absolute atomic E-state index is 12.9. The van der Waals surface area contributed by atoms with Gasteiger partial charge in [0, 0.05) is 13.1 Å². The third kappa shape index (κ3) is 4.40. The first kappa shape index (κ1) is 14.1. The first-order chi connectivity index (χ1) is 8.04. The molecule has 0 aliphatic rings. The lowest BCUT2D eigenvalue weighted by atomic mass is 10.0. The predicted molar refractivity (Wildman–Crippen MR) is 63.5 cm³/mol. The second-order valence-electron chi connectivity index (χ2n) is 4.33. The molecule has 0 aromatic heterocycles. The molecule has 1 aromatic carbocycles. The van der Waals surface area contributed by atoms with Gasteiger partial charge in [-0.1, -0.05) is 26.3 Å². The van der Waals surface area contributed by atoms with Crippen LogP contribution in [-0.2, 0) is 6.54 Å². The highest BCUT2D eigenvalue weighted by molar-refractivity contribution is 5.17. The van der Waals surface area contributed by atoms with Gasteiger partial charge < -0.3 is 10.4 Å². The van der Waals surface area contributed by atoms with Crippen molar-refractivity contribution in [2.24, 2.45) is 5.92 Å². The Balaban J connectivity index is 2.38. The van der Waals surface area contributed by atoms with E-state index in [1.165, 1.54) is 6.07 Å². The zero-order valence-electron chi connectivity index (χ0n) is 10.2. The van der Waals surface area contributed by atoms with Crippen molar-refractivity contribution in [3.63, 3.8) is 0 Å². The first-order valence-corrected chi connectivity index (χ1v) is 5.87. The zero-order valence-corrected chi connectivity index (χ0v) is 10.2. The number of aliphatic hydroxyl groups excluding tert-OH is 1. The molecule has 2 unspecified atom stereocenters. The van der Waals surface area contributed by atoms with Gasteiger partial charge in [-0.15, -0.1) is 0 Å². The molecule has 0 aliphatic heterocycles. The molecule has 0 amide bonds. The van der Waals surface area contributed by atoms with Gasteiger partial charge in [0.2, 0.25) is 0 Å².